The third kappa shape index (κ3) is 2.64. The van der Waals surface area contributed by atoms with Crippen molar-refractivity contribution in [2.24, 2.45) is 0 Å². The molecule has 1 heterocycles. The fourth-order valence-corrected chi connectivity index (χ4v) is 2.39. The molecule has 1 aliphatic heterocycles. The lowest BCUT2D eigenvalue weighted by molar-refractivity contribution is -0.126. The van der Waals surface area contributed by atoms with E-state index in [0.717, 1.165) is 29.7 Å². The summed E-state index contributed by atoms with van der Waals surface area (Å²) in [7, 11) is 0. The van der Waals surface area contributed by atoms with Gasteiger partial charge in [-0.3, -0.25) is 4.79 Å². The van der Waals surface area contributed by atoms with Crippen LogP contribution < -0.4 is 11.1 Å². The van der Waals surface area contributed by atoms with E-state index >= 15 is 0 Å². The van der Waals surface area contributed by atoms with E-state index < -0.39 is 0 Å². The highest BCUT2D eigenvalue weighted by atomic mass is 16.5. The van der Waals surface area contributed by atoms with E-state index in [2.05, 4.69) is 5.32 Å². The molecule has 1 aromatic carbocycles. The Morgan fingerprint density at radius 2 is 1.94 bits per heavy atom. The van der Waals surface area contributed by atoms with Gasteiger partial charge >= 0.3 is 0 Å². The van der Waals surface area contributed by atoms with Crippen molar-refractivity contribution in [3.63, 3.8) is 0 Å². The molecule has 4 heteroatoms. The maximum absolute atomic E-state index is 12.1. The Labute approximate surface area is 108 Å². The van der Waals surface area contributed by atoms with Crippen molar-refractivity contribution in [3.8, 4) is 0 Å². The second kappa shape index (κ2) is 4.98. The first kappa shape index (κ1) is 12.9. The van der Waals surface area contributed by atoms with Gasteiger partial charge in [0.05, 0.1) is 6.10 Å². The molecule has 1 fully saturated rings. The van der Waals surface area contributed by atoms with Gasteiger partial charge in [0.2, 0.25) is 0 Å². The van der Waals surface area contributed by atoms with E-state index in [1.807, 2.05) is 32.9 Å². The van der Waals surface area contributed by atoms with Crippen molar-refractivity contribution in [3.05, 3.63) is 23.3 Å². The van der Waals surface area contributed by atoms with Crippen molar-refractivity contribution < 1.29 is 9.53 Å². The van der Waals surface area contributed by atoms with E-state index in [9.17, 15) is 4.79 Å². The topological polar surface area (TPSA) is 64.3 Å². The highest BCUT2D eigenvalue weighted by molar-refractivity contribution is 5.96. The second-order valence-corrected chi connectivity index (χ2v) is 5.03. The van der Waals surface area contributed by atoms with Crippen LogP contribution >= 0.6 is 0 Å². The van der Waals surface area contributed by atoms with Crippen molar-refractivity contribution in [1.29, 1.82) is 0 Å². The first-order valence-electron chi connectivity index (χ1n) is 6.30. The number of nitrogen functional groups attached to an aromatic ring is 1. The van der Waals surface area contributed by atoms with Crippen LogP contribution in [0, 0.1) is 13.8 Å². The number of nitrogens with one attached hydrogen (secondary N) is 1. The van der Waals surface area contributed by atoms with Crippen molar-refractivity contribution in [2.75, 3.05) is 11.1 Å². The number of hydrogen-bond acceptors (Lipinski definition) is 3. The number of nitrogens with two attached hydrogens (primary N) is 1. The van der Waals surface area contributed by atoms with Crippen LogP contribution in [0.4, 0.5) is 11.4 Å². The average Bonchev–Trinajstić information content (AvgIpc) is 2.70. The van der Waals surface area contributed by atoms with Crippen LogP contribution in [0.1, 0.15) is 30.9 Å². The summed E-state index contributed by atoms with van der Waals surface area (Å²) in [5, 5.41) is 2.95. The predicted octanol–water partition coefficient (Wildman–Crippen LogP) is 2.39. The number of hydrogen-bond donors (Lipinski definition) is 2. The Bertz CT molecular complexity index is 448. The minimum atomic E-state index is -0.323. The van der Waals surface area contributed by atoms with Gasteiger partial charge in [0.15, 0.2) is 0 Å². The molecule has 3 N–H and O–H groups in total. The van der Waals surface area contributed by atoms with Gasteiger partial charge in [-0.1, -0.05) is 0 Å². The molecule has 0 spiro atoms. The first-order chi connectivity index (χ1) is 8.47. The Hall–Kier alpha value is -1.55. The number of amides is 1. The summed E-state index contributed by atoms with van der Waals surface area (Å²) in [5.41, 5.74) is 9.28. The predicted molar refractivity (Wildman–Crippen MR) is 72.5 cm³/mol. The number of benzene rings is 1. The summed E-state index contributed by atoms with van der Waals surface area (Å²) in [4.78, 5) is 12.1. The van der Waals surface area contributed by atoms with Gasteiger partial charge in [-0.25, -0.2) is 0 Å². The minimum Gasteiger partial charge on any atom is -0.399 e. The fraction of sp³-hybridized carbons (Fsp3) is 0.500. The molecule has 0 aliphatic carbocycles. The largest absolute Gasteiger partial charge is 0.399 e. The number of ether oxygens (including phenoxy) is 1. The normalized spacial score (nSPS) is 23.1. The lowest BCUT2D eigenvalue weighted by Gasteiger charge is -2.16. The van der Waals surface area contributed by atoms with E-state index in [4.69, 9.17) is 10.5 Å². The summed E-state index contributed by atoms with van der Waals surface area (Å²) < 4.78 is 5.56. The van der Waals surface area contributed by atoms with Gasteiger partial charge in [-0.15, -0.1) is 0 Å². The van der Waals surface area contributed by atoms with Crippen molar-refractivity contribution in [1.82, 2.24) is 0 Å². The molecule has 1 amide bonds. The minimum absolute atomic E-state index is 0.0599. The molecule has 2 unspecified atom stereocenters. The van der Waals surface area contributed by atoms with Crippen molar-refractivity contribution in [2.45, 2.75) is 45.8 Å². The summed E-state index contributed by atoms with van der Waals surface area (Å²) in [5.74, 6) is -0.0599. The Balaban J connectivity index is 2.12. The molecule has 0 radical (unpaired) electrons. The van der Waals surface area contributed by atoms with Gasteiger partial charge in [0, 0.05) is 11.4 Å². The lowest BCUT2D eigenvalue weighted by atomic mass is 10.1. The van der Waals surface area contributed by atoms with Crippen molar-refractivity contribution >= 4 is 17.3 Å². The molecular formula is C14H20N2O2. The van der Waals surface area contributed by atoms with Gasteiger partial charge in [-0.2, -0.15) is 0 Å². The zero-order valence-corrected chi connectivity index (χ0v) is 11.1. The van der Waals surface area contributed by atoms with E-state index in [1.54, 1.807) is 0 Å². The molecule has 1 saturated heterocycles. The Morgan fingerprint density at radius 1 is 1.33 bits per heavy atom. The quantitative estimate of drug-likeness (QED) is 0.790. The van der Waals surface area contributed by atoms with Gasteiger partial charge in [0.25, 0.3) is 5.91 Å². The monoisotopic (exact) mass is 248 g/mol. The number of anilines is 2. The summed E-state index contributed by atoms with van der Waals surface area (Å²) in [6.07, 6.45) is 1.59. The molecule has 2 rings (SSSR count). The molecule has 0 aromatic heterocycles. The maximum atomic E-state index is 12.1. The van der Waals surface area contributed by atoms with Gasteiger partial charge in [0.1, 0.15) is 6.10 Å². The number of rotatable bonds is 2. The highest BCUT2D eigenvalue weighted by Crippen LogP contribution is 2.25. The average molecular weight is 248 g/mol. The SMILES string of the molecule is Cc1cc(N)cc(C)c1NC(=O)C1CCC(C)O1. The zero-order valence-electron chi connectivity index (χ0n) is 11.1. The first-order valence-corrected chi connectivity index (χ1v) is 6.30. The van der Waals surface area contributed by atoms with Crippen LogP contribution in [0.5, 0.6) is 0 Å². The standard InChI is InChI=1S/C14H20N2O2/c1-8-6-11(15)7-9(2)13(8)16-14(17)12-5-4-10(3)18-12/h6-7,10,12H,4-5,15H2,1-3H3,(H,16,17). The van der Waals surface area contributed by atoms with E-state index in [-0.39, 0.29) is 18.1 Å². The van der Waals surface area contributed by atoms with Crippen LogP contribution in [-0.2, 0) is 9.53 Å². The molecule has 18 heavy (non-hydrogen) atoms. The smallest absolute Gasteiger partial charge is 0.253 e. The third-order valence-electron chi connectivity index (χ3n) is 3.33. The van der Waals surface area contributed by atoms with Crippen LogP contribution in [0.15, 0.2) is 12.1 Å². The molecule has 1 aromatic rings. The molecule has 4 nitrogen and oxygen atoms in total. The van der Waals surface area contributed by atoms with E-state index in [1.165, 1.54) is 0 Å². The molecular weight excluding hydrogens is 228 g/mol. The summed E-state index contributed by atoms with van der Waals surface area (Å²) in [6.45, 7) is 5.88. The molecule has 0 saturated carbocycles. The Kier molecular flexibility index (Phi) is 3.57. The van der Waals surface area contributed by atoms with Gasteiger partial charge < -0.3 is 15.8 Å². The van der Waals surface area contributed by atoms with Gasteiger partial charge in [-0.05, 0) is 56.9 Å². The number of carbonyl (C=O) groups excluding carboxylic acids is 1. The van der Waals surface area contributed by atoms with Crippen LogP contribution in [-0.4, -0.2) is 18.1 Å². The maximum Gasteiger partial charge on any atom is 0.253 e. The van der Waals surface area contributed by atoms with Crippen LogP contribution in [0.3, 0.4) is 0 Å². The van der Waals surface area contributed by atoms with Crippen LogP contribution in [0.25, 0.3) is 0 Å². The lowest BCUT2D eigenvalue weighted by Crippen LogP contribution is -2.28. The molecule has 0 bridgehead atoms. The zero-order chi connectivity index (χ0) is 13.3. The Morgan fingerprint density at radius 3 is 2.44 bits per heavy atom. The summed E-state index contributed by atoms with van der Waals surface area (Å²) in [6, 6.07) is 3.72. The van der Waals surface area contributed by atoms with E-state index in [0.29, 0.717) is 5.69 Å². The second-order valence-electron chi connectivity index (χ2n) is 5.03. The number of aryl methyl sites for hydroxylation is 2. The number of carbonyl (C=O) groups is 1. The van der Waals surface area contributed by atoms with Crippen LogP contribution in [0.2, 0.25) is 0 Å². The third-order valence-corrected chi connectivity index (χ3v) is 3.33. The highest BCUT2D eigenvalue weighted by Gasteiger charge is 2.28. The fourth-order valence-electron chi connectivity index (χ4n) is 2.39. The molecule has 98 valence electrons. The molecule has 2 atom stereocenters. The summed E-state index contributed by atoms with van der Waals surface area (Å²) >= 11 is 0. The molecule has 1 aliphatic rings.